The molecule has 598 valence electrons. The second-order valence-electron chi connectivity index (χ2n) is 32.9. The second-order valence-corrected chi connectivity index (χ2v) is 32.9. The Labute approximate surface area is 634 Å². The van der Waals surface area contributed by atoms with Crippen molar-refractivity contribution in [1.82, 2.24) is 25.1 Å². The molecule has 0 bridgehead atoms. The summed E-state index contributed by atoms with van der Waals surface area (Å²) in [5, 5.41) is 34.8. The van der Waals surface area contributed by atoms with Crippen LogP contribution in [0.3, 0.4) is 0 Å². The number of esters is 3. The summed E-state index contributed by atoms with van der Waals surface area (Å²) >= 11 is 0. The number of carboxylic acids is 1. The SMILES string of the molecule is C1CCC(CC2CCCCC2)CC1.C=CCCCCC[C@H](CC(=O)OC(C)(C)C)C(=O)[O-].C=CCCCCC[C@H](NC(=O)OC(C)(C)C)C(=O)N1C[C@@]2(CCc3c(c(C(F)(F)F)nc4ccc(O)cc34)O2)C[C@H]1C(=O)OC.COC(=O)[C@@H]1CC2(CCc3c(c(C)nc4ccc(O)cc34)O2)CN1C(=O)OC(C)(C)C. The van der Waals surface area contributed by atoms with Crippen LogP contribution < -0.4 is 19.9 Å². The van der Waals surface area contributed by atoms with Crippen molar-refractivity contribution in [3.63, 3.8) is 0 Å². The number of carboxylic acid groups (broad SMARTS) is 1. The average molecular weight is 1510 g/mol. The standard InChI is InChI=1S/C32H40F3N3O7.C23H28N2O6.C15H26O4.C13H24/c1-6-7-8-9-10-11-23(37-29(42)45-30(2,3)4)27(40)38-18-31(17-24(38)28(41)43-5)15-14-20-21-16-19(39)12-13-22(21)36-26(25(20)44-31)32(33,34)35;1-13-19-15(16-10-14(26)6-7-17(16)24-13)8-9-23(30-19)11-18(20(27)29-5)25(12-23)21(28)31-22(2,3)4;1-5-6-7-8-9-10-12(14(17)18)11-13(16)19-15(2,3)4;1-3-7-12(8-4-1)11-13-9-5-2-6-10-13/h6,12-13,16,23-24,39H,1,7-11,14-15,17-18H2,2-5H3,(H,37,42);6-7,10,18,26H,8-9,11-12H2,1-5H3;5,12H,1,6-11H2,2-4H3,(H,17,18);12-13H,1-11H2/p-1/t23-,24-,31+;18-,23?;12-;/m001./s1. The fourth-order valence-electron chi connectivity index (χ4n) is 15.5. The summed E-state index contributed by atoms with van der Waals surface area (Å²) in [7, 11) is 2.47. The van der Waals surface area contributed by atoms with E-state index in [9.17, 15) is 62.1 Å². The number of halogens is 3. The lowest BCUT2D eigenvalue weighted by Crippen LogP contribution is -2.53. The molecule has 25 heteroatoms. The number of nitrogens with zero attached hydrogens (tertiary/aromatic N) is 4. The zero-order valence-electron chi connectivity index (χ0n) is 65.7. The molecule has 2 aromatic carbocycles. The zero-order chi connectivity index (χ0) is 79.5. The first-order valence-electron chi connectivity index (χ1n) is 38.6. The lowest BCUT2D eigenvalue weighted by atomic mass is 9.78. The van der Waals surface area contributed by atoms with Gasteiger partial charge in [-0.25, -0.2) is 29.1 Å². The topological polar surface area (TPSA) is 292 Å². The van der Waals surface area contributed by atoms with Crippen molar-refractivity contribution in [2.75, 3.05) is 27.3 Å². The van der Waals surface area contributed by atoms with Gasteiger partial charge in [-0.05, 0) is 188 Å². The molecule has 6 heterocycles. The first kappa shape index (κ1) is 86.9. The van der Waals surface area contributed by atoms with E-state index in [4.69, 9.17) is 33.2 Å². The Hall–Kier alpha value is -8.38. The molecule has 4 aliphatic heterocycles. The highest BCUT2D eigenvalue weighted by Gasteiger charge is 2.56. The molecule has 2 aromatic heterocycles. The molecule has 3 amide bonds. The highest BCUT2D eigenvalue weighted by molar-refractivity contribution is 5.92. The number of allylic oxidation sites excluding steroid dienone is 2. The van der Waals surface area contributed by atoms with Crippen LogP contribution in [0.5, 0.6) is 23.0 Å². The molecule has 2 saturated heterocycles. The maximum Gasteiger partial charge on any atom is 0.437 e. The van der Waals surface area contributed by atoms with Crippen LogP contribution in [-0.2, 0) is 66.7 Å². The van der Waals surface area contributed by atoms with Crippen LogP contribution in [0.25, 0.3) is 21.8 Å². The van der Waals surface area contributed by atoms with Gasteiger partial charge in [-0.1, -0.05) is 102 Å². The Balaban J connectivity index is 0.000000221. The first-order chi connectivity index (χ1) is 50.8. The number of phenolic OH excluding ortho intramolecular Hbond substituents is 2. The Kier molecular flexibility index (Phi) is 30.8. The van der Waals surface area contributed by atoms with Gasteiger partial charge in [0.1, 0.15) is 63.4 Å². The van der Waals surface area contributed by atoms with Gasteiger partial charge in [0.05, 0.1) is 50.5 Å². The third kappa shape index (κ3) is 25.1. The van der Waals surface area contributed by atoms with Gasteiger partial charge in [0, 0.05) is 46.6 Å². The number of alkyl halides is 3. The van der Waals surface area contributed by atoms with Gasteiger partial charge >= 0.3 is 36.3 Å². The molecule has 2 saturated carbocycles. The Bertz CT molecular complexity index is 3760. The number of carbonyl (C=O) groups excluding carboxylic acids is 7. The van der Waals surface area contributed by atoms with E-state index in [0.29, 0.717) is 43.2 Å². The Morgan fingerprint density at radius 1 is 0.639 bits per heavy atom. The minimum atomic E-state index is -4.86. The number of rotatable bonds is 21. The number of fused-ring (bicyclic) bond motifs is 6. The number of phenols is 2. The van der Waals surface area contributed by atoms with Gasteiger partial charge in [0.25, 0.3) is 0 Å². The number of aliphatic carboxylic acids is 1. The van der Waals surface area contributed by atoms with Gasteiger partial charge in [-0.2, -0.15) is 13.2 Å². The molecule has 4 fully saturated rings. The highest BCUT2D eigenvalue weighted by Crippen LogP contribution is 2.50. The van der Waals surface area contributed by atoms with Crippen LogP contribution >= 0.6 is 0 Å². The summed E-state index contributed by atoms with van der Waals surface area (Å²) < 4.78 is 81.4. The summed E-state index contributed by atoms with van der Waals surface area (Å²) in [6.07, 6.45) is 23.3. The summed E-state index contributed by atoms with van der Waals surface area (Å²) in [5.41, 5.74) is -2.63. The third-order valence-electron chi connectivity index (χ3n) is 20.6. The number of hydrogen-bond acceptors (Lipinski definition) is 19. The zero-order valence-corrected chi connectivity index (χ0v) is 65.7. The molecule has 2 spiro atoms. The Morgan fingerprint density at radius 2 is 1.10 bits per heavy atom. The fourth-order valence-corrected chi connectivity index (χ4v) is 15.5. The number of pyridine rings is 2. The summed E-state index contributed by atoms with van der Waals surface area (Å²) in [5.74, 6) is -1.80. The molecule has 0 radical (unpaired) electrons. The van der Waals surface area contributed by atoms with Crippen LogP contribution in [0.4, 0.5) is 22.8 Å². The second kappa shape index (κ2) is 38.3. The number of hydrogen-bond donors (Lipinski definition) is 3. The van der Waals surface area contributed by atoms with Gasteiger partial charge in [0.2, 0.25) is 5.91 Å². The van der Waals surface area contributed by atoms with Crippen molar-refractivity contribution in [3.05, 3.63) is 84.2 Å². The van der Waals surface area contributed by atoms with Crippen LogP contribution in [-0.4, -0.2) is 145 Å². The quantitative estimate of drug-likeness (QED) is 0.0302. The number of aromatic nitrogens is 2. The molecule has 3 N–H and O–H groups in total. The molecule has 6 atom stereocenters. The van der Waals surface area contributed by atoms with Crippen molar-refractivity contribution >= 4 is 63.8 Å². The molecule has 2 aliphatic carbocycles. The van der Waals surface area contributed by atoms with E-state index in [-0.39, 0.29) is 67.8 Å². The maximum atomic E-state index is 14.3. The van der Waals surface area contributed by atoms with Gasteiger partial charge in [0.15, 0.2) is 11.4 Å². The number of unbranched alkanes of at least 4 members (excludes halogenated alkanes) is 6. The smallest absolute Gasteiger partial charge is 0.437 e. The molecular weight excluding hydrogens is 1400 g/mol. The molecule has 6 aliphatic rings. The predicted octanol–water partition coefficient (Wildman–Crippen LogP) is 16.1. The highest BCUT2D eigenvalue weighted by atomic mass is 19.4. The van der Waals surface area contributed by atoms with Crippen molar-refractivity contribution in [2.24, 2.45) is 17.8 Å². The van der Waals surface area contributed by atoms with Crippen molar-refractivity contribution < 1.29 is 95.2 Å². The minimum absolute atomic E-state index is 0.0539. The first-order valence-corrected chi connectivity index (χ1v) is 38.6. The number of benzene rings is 2. The molecule has 4 aromatic rings. The average Bonchev–Trinajstić information content (AvgIpc) is 1.44. The molecule has 10 rings (SSSR count). The largest absolute Gasteiger partial charge is 0.550 e. The van der Waals surface area contributed by atoms with Crippen LogP contribution in [0.15, 0.2) is 61.7 Å². The van der Waals surface area contributed by atoms with Crippen molar-refractivity contribution in [1.29, 1.82) is 0 Å². The number of ether oxygens (including phenoxy) is 7. The van der Waals surface area contributed by atoms with Crippen LogP contribution in [0, 0.1) is 24.7 Å². The van der Waals surface area contributed by atoms with E-state index in [1.807, 2.05) is 13.0 Å². The van der Waals surface area contributed by atoms with E-state index < -0.39 is 112 Å². The monoisotopic (exact) mass is 1510 g/mol. The lowest BCUT2D eigenvalue weighted by molar-refractivity contribution is -0.312. The number of alkyl carbamates (subject to hydrolysis) is 1. The van der Waals surface area contributed by atoms with E-state index >= 15 is 0 Å². The number of aromatic hydroxyl groups is 2. The maximum absolute atomic E-state index is 14.3. The predicted molar refractivity (Wildman–Crippen MR) is 402 cm³/mol. The van der Waals surface area contributed by atoms with E-state index in [0.717, 1.165) is 86.1 Å². The summed E-state index contributed by atoms with van der Waals surface area (Å²) in [6, 6.07) is 5.99. The molecular formula is C83H117F3N5O17-. The van der Waals surface area contributed by atoms with Crippen molar-refractivity contribution in [2.45, 2.75) is 301 Å². The van der Waals surface area contributed by atoms with E-state index in [2.05, 4.69) is 28.4 Å². The summed E-state index contributed by atoms with van der Waals surface area (Å²) in [6.45, 7) is 24.9. The van der Waals surface area contributed by atoms with Crippen LogP contribution in [0.2, 0.25) is 0 Å². The molecule has 22 nitrogen and oxygen atoms in total. The number of aryl methyl sites for hydroxylation is 3. The number of likely N-dealkylation sites (tertiary alicyclic amines) is 2. The van der Waals surface area contributed by atoms with Crippen molar-refractivity contribution in [3.8, 4) is 23.0 Å². The number of methoxy groups -OCH3 is 2. The minimum Gasteiger partial charge on any atom is -0.550 e. The summed E-state index contributed by atoms with van der Waals surface area (Å²) in [4.78, 5) is 98.8. The van der Waals surface area contributed by atoms with E-state index in [1.54, 1.807) is 119 Å². The molecule has 1 unspecified atom stereocenters. The normalized spacial score (nSPS) is 20.6. The van der Waals surface area contributed by atoms with Crippen LogP contribution in [0.1, 0.15) is 252 Å². The third-order valence-corrected chi connectivity index (χ3v) is 20.6. The van der Waals surface area contributed by atoms with Gasteiger partial charge in [-0.3, -0.25) is 14.5 Å². The number of amides is 3. The molecule has 108 heavy (non-hydrogen) atoms. The van der Waals surface area contributed by atoms with Gasteiger partial charge in [-0.15, -0.1) is 13.2 Å². The number of nitrogens with one attached hydrogen (secondary N) is 1. The van der Waals surface area contributed by atoms with Gasteiger partial charge < -0.3 is 63.5 Å². The number of carbonyl (C=O) groups is 7. The van der Waals surface area contributed by atoms with E-state index in [1.165, 1.54) is 73.6 Å². The Morgan fingerprint density at radius 3 is 1.57 bits per heavy atom. The lowest BCUT2D eigenvalue weighted by Gasteiger charge is -2.37. The fraction of sp³-hybridized carbons (Fsp3) is 0.651.